The Morgan fingerprint density at radius 2 is 1.36 bits per heavy atom. The highest BCUT2D eigenvalue weighted by atomic mass is 32.2. The van der Waals surface area contributed by atoms with Crippen molar-refractivity contribution in [1.82, 2.24) is 25.0 Å². The predicted octanol–water partition coefficient (Wildman–Crippen LogP) is 1.62. The summed E-state index contributed by atoms with van der Waals surface area (Å²) in [6, 6.07) is 9.16. The van der Waals surface area contributed by atoms with Crippen LogP contribution in [0.5, 0.6) is 0 Å². The number of carbonyl (C=O) groups excluding carboxylic acids is 1. The number of aliphatic carboxylic acids is 4. The van der Waals surface area contributed by atoms with E-state index in [9.17, 15) is 44.4 Å². The van der Waals surface area contributed by atoms with Crippen LogP contribution in [-0.4, -0.2) is 134 Å². The molecule has 0 bridgehead atoms. The number of rotatable bonds is 12. The van der Waals surface area contributed by atoms with Gasteiger partial charge >= 0.3 is 23.9 Å². The first-order chi connectivity index (χ1) is 22.5. The fourth-order valence-corrected chi connectivity index (χ4v) is 6.96. The van der Waals surface area contributed by atoms with E-state index in [1.807, 2.05) is 36.4 Å². The number of hydrogen-bond acceptors (Lipinski definition) is 11. The van der Waals surface area contributed by atoms with Crippen LogP contribution in [0.3, 0.4) is 0 Å². The van der Waals surface area contributed by atoms with E-state index >= 15 is 0 Å². The minimum Gasteiger partial charge on any atom is -0.481 e. The van der Waals surface area contributed by atoms with Crippen molar-refractivity contribution in [2.75, 3.05) is 52.4 Å². The van der Waals surface area contributed by atoms with Gasteiger partial charge in [0.15, 0.2) is 5.78 Å². The lowest BCUT2D eigenvalue weighted by molar-refractivity contribution is -0.146. The molecule has 0 amide bonds. The Kier molecular flexibility index (Phi) is 13.2. The van der Waals surface area contributed by atoms with Gasteiger partial charge in [-0.15, -0.1) is 0 Å². The van der Waals surface area contributed by atoms with Gasteiger partial charge in [0.25, 0.3) is 0 Å². The maximum atomic E-state index is 12.9. The Balaban J connectivity index is 1.59. The lowest BCUT2D eigenvalue weighted by atomic mass is 10.0. The van der Waals surface area contributed by atoms with E-state index in [0.29, 0.717) is 64.5 Å². The van der Waals surface area contributed by atoms with E-state index in [1.165, 1.54) is 11.8 Å². The summed E-state index contributed by atoms with van der Waals surface area (Å²) in [6.07, 6.45) is -0.435. The molecule has 1 aromatic carbocycles. The van der Waals surface area contributed by atoms with Crippen LogP contribution in [0.4, 0.5) is 0 Å². The molecule has 5 N–H and O–H groups in total. The molecule has 1 fully saturated rings. The summed E-state index contributed by atoms with van der Waals surface area (Å²) < 4.78 is 0. The van der Waals surface area contributed by atoms with Gasteiger partial charge in [0.05, 0.1) is 5.69 Å². The van der Waals surface area contributed by atoms with E-state index < -0.39 is 36.0 Å². The summed E-state index contributed by atoms with van der Waals surface area (Å²) in [4.78, 5) is 71.1. The number of hydrogen-bond donors (Lipinski definition) is 5. The van der Waals surface area contributed by atoms with E-state index in [4.69, 9.17) is 4.98 Å². The Morgan fingerprint density at radius 3 is 1.91 bits per heavy atom. The highest BCUT2D eigenvalue weighted by molar-refractivity contribution is 7.99. The van der Waals surface area contributed by atoms with Crippen molar-refractivity contribution in [2.24, 2.45) is 0 Å². The van der Waals surface area contributed by atoms with Gasteiger partial charge in [-0.2, -0.15) is 0 Å². The molecule has 14 nitrogen and oxygen atoms in total. The third-order valence-corrected chi connectivity index (χ3v) is 9.52. The lowest BCUT2D eigenvalue weighted by Crippen LogP contribution is -2.51. The molecule has 0 radical (unpaired) electrons. The zero-order valence-electron chi connectivity index (χ0n) is 26.0. The van der Waals surface area contributed by atoms with Gasteiger partial charge in [0.2, 0.25) is 0 Å². The van der Waals surface area contributed by atoms with Crippen molar-refractivity contribution >= 4 is 41.4 Å². The first-order valence-electron chi connectivity index (χ1n) is 15.6. The molecule has 0 aliphatic carbocycles. The molecule has 254 valence electrons. The first kappa shape index (κ1) is 36.0. The molecule has 0 spiro atoms. The monoisotopic (exact) mass is 671 g/mol. The molecule has 2 aromatic rings. The molecule has 47 heavy (non-hydrogen) atoms. The number of carboxylic acids is 4. The average molecular weight is 672 g/mol. The van der Waals surface area contributed by atoms with Crippen molar-refractivity contribution in [2.45, 2.75) is 60.7 Å². The maximum absolute atomic E-state index is 12.9. The number of benzene rings is 1. The topological polar surface area (TPSA) is 201 Å². The highest BCUT2D eigenvalue weighted by Crippen LogP contribution is 2.36. The Morgan fingerprint density at radius 1 is 0.787 bits per heavy atom. The van der Waals surface area contributed by atoms with Crippen LogP contribution in [-0.2, 0) is 32.1 Å². The van der Waals surface area contributed by atoms with E-state index in [0.717, 1.165) is 21.2 Å². The number of carboxylic acid groups (broad SMARTS) is 4. The Hall–Kier alpha value is -3.89. The predicted molar refractivity (Wildman–Crippen MR) is 171 cm³/mol. The summed E-state index contributed by atoms with van der Waals surface area (Å²) in [7, 11) is 0. The minimum atomic E-state index is -1.10. The number of fused-ring (bicyclic) bond motifs is 2. The number of nitrogens with one attached hydrogen (secondary N) is 1. The second kappa shape index (κ2) is 17.3. The summed E-state index contributed by atoms with van der Waals surface area (Å²) in [5.41, 5.74) is 2.20. The molecule has 1 saturated heterocycles. The van der Waals surface area contributed by atoms with Crippen molar-refractivity contribution in [3.63, 3.8) is 0 Å². The van der Waals surface area contributed by atoms with E-state index in [1.54, 1.807) is 9.80 Å². The summed E-state index contributed by atoms with van der Waals surface area (Å²) in [5.74, 6) is -4.32. The standard InChI is InChI=1S/C32H41N5O9S/c38-26-19-21-5-6-22(34-30(21)47-27-4-2-1-3-23(26)27)20-35-15-17-36(24(31(43)44)7-9-28(39)40)13-11-33-12-14-37(18-16-35)25(32(45)46)8-10-29(41)42/h1-6,24-25,33H,7-20H2,(H,39,40)(H,41,42)(H,43,44)(H,45,46). The number of Topliss-reactive ketones (excluding diaryl/α,β-unsaturated/α-hetero) is 1. The quantitative estimate of drug-likeness (QED) is 0.218. The number of pyridine rings is 1. The minimum absolute atomic E-state index is 0.0194. The van der Waals surface area contributed by atoms with E-state index in [-0.39, 0.29) is 37.9 Å². The van der Waals surface area contributed by atoms with Gasteiger partial charge in [-0.25, -0.2) is 4.98 Å². The van der Waals surface area contributed by atoms with Crippen molar-refractivity contribution in [3.05, 3.63) is 53.2 Å². The third kappa shape index (κ3) is 10.6. The smallest absolute Gasteiger partial charge is 0.320 e. The van der Waals surface area contributed by atoms with E-state index in [2.05, 4.69) is 10.2 Å². The summed E-state index contributed by atoms with van der Waals surface area (Å²) in [6.45, 7) is 3.16. The molecular formula is C32H41N5O9S. The zero-order valence-corrected chi connectivity index (χ0v) is 26.9. The molecular weight excluding hydrogens is 630 g/mol. The average Bonchev–Trinajstić information content (AvgIpc) is 3.15. The van der Waals surface area contributed by atoms with Crippen LogP contribution in [0, 0.1) is 0 Å². The van der Waals surface area contributed by atoms with Crippen LogP contribution in [0.2, 0.25) is 0 Å². The second-order valence-corrected chi connectivity index (χ2v) is 12.7. The fraction of sp³-hybridized carbons (Fsp3) is 0.500. The molecule has 2 atom stereocenters. The first-order valence-corrected chi connectivity index (χ1v) is 16.4. The molecule has 15 heteroatoms. The van der Waals surface area contributed by atoms with Crippen LogP contribution < -0.4 is 5.32 Å². The van der Waals surface area contributed by atoms with Gasteiger partial charge in [-0.3, -0.25) is 38.7 Å². The van der Waals surface area contributed by atoms with Gasteiger partial charge < -0.3 is 25.7 Å². The number of carbonyl (C=O) groups is 5. The molecule has 0 saturated carbocycles. The zero-order chi connectivity index (χ0) is 33.9. The maximum Gasteiger partial charge on any atom is 0.320 e. The van der Waals surface area contributed by atoms with Gasteiger partial charge in [-0.1, -0.05) is 36.0 Å². The molecule has 2 aliphatic rings. The molecule has 2 aliphatic heterocycles. The van der Waals surface area contributed by atoms with Crippen molar-refractivity contribution in [3.8, 4) is 0 Å². The lowest BCUT2D eigenvalue weighted by Gasteiger charge is -2.35. The fourth-order valence-electron chi connectivity index (χ4n) is 5.88. The summed E-state index contributed by atoms with van der Waals surface area (Å²) in [5, 5.41) is 42.3. The number of ketones is 1. The van der Waals surface area contributed by atoms with Crippen molar-refractivity contribution in [1.29, 1.82) is 0 Å². The van der Waals surface area contributed by atoms with Gasteiger partial charge in [0, 0.05) is 88.6 Å². The van der Waals surface area contributed by atoms with Crippen LogP contribution in [0.25, 0.3) is 0 Å². The second-order valence-electron chi connectivity index (χ2n) is 11.6. The summed E-state index contributed by atoms with van der Waals surface area (Å²) >= 11 is 1.43. The largest absolute Gasteiger partial charge is 0.481 e. The third-order valence-electron chi connectivity index (χ3n) is 8.40. The van der Waals surface area contributed by atoms with Crippen LogP contribution in [0.1, 0.15) is 47.3 Å². The number of aromatic nitrogens is 1. The van der Waals surface area contributed by atoms with Crippen LogP contribution >= 0.6 is 11.8 Å². The molecule has 4 rings (SSSR count). The van der Waals surface area contributed by atoms with Gasteiger partial charge in [-0.05, 0) is 30.5 Å². The molecule has 1 aromatic heterocycles. The Bertz CT molecular complexity index is 1410. The van der Waals surface area contributed by atoms with Crippen molar-refractivity contribution < 1.29 is 44.4 Å². The number of nitrogens with zero attached hydrogens (tertiary/aromatic N) is 4. The SMILES string of the molecule is O=C(O)CCC(C(=O)O)N1CCNCCN(C(CCC(=O)O)C(=O)O)CCN(Cc2ccc3c(n2)Sc2ccccc2C(=O)C3)CC1. The van der Waals surface area contributed by atoms with Gasteiger partial charge in [0.1, 0.15) is 17.1 Å². The molecule has 3 heterocycles. The van der Waals surface area contributed by atoms with Crippen LogP contribution in [0.15, 0.2) is 46.3 Å². The highest BCUT2D eigenvalue weighted by Gasteiger charge is 2.30. The molecule has 2 unspecified atom stereocenters. The Labute approximate surface area is 276 Å². The normalized spacial score (nSPS) is 18.4.